The van der Waals surface area contributed by atoms with Gasteiger partial charge in [-0.15, -0.1) is 0 Å². The highest BCUT2D eigenvalue weighted by molar-refractivity contribution is 7.80. The Kier molecular flexibility index (Phi) is 7.22. The number of benzene rings is 3. The van der Waals surface area contributed by atoms with Crippen LogP contribution in [0.2, 0.25) is 0 Å². The van der Waals surface area contributed by atoms with Crippen LogP contribution in [0.5, 0.6) is 17.2 Å². The van der Waals surface area contributed by atoms with E-state index in [4.69, 9.17) is 26.4 Å². The lowest BCUT2D eigenvalue weighted by Gasteiger charge is -2.39. The molecule has 0 bridgehead atoms. The summed E-state index contributed by atoms with van der Waals surface area (Å²) < 4.78 is 30.5. The quantitative estimate of drug-likeness (QED) is 0.448. The Balaban J connectivity index is 1.65. The highest BCUT2D eigenvalue weighted by atomic mass is 32.1. The number of hydrogen-bond acceptors (Lipinski definition) is 4. The van der Waals surface area contributed by atoms with Crippen LogP contribution < -0.4 is 19.5 Å². The first-order valence-electron chi connectivity index (χ1n) is 11.2. The summed E-state index contributed by atoms with van der Waals surface area (Å²) in [5.74, 6) is 1.65. The number of methoxy groups -OCH3 is 2. The van der Waals surface area contributed by atoms with Crippen molar-refractivity contribution in [2.24, 2.45) is 0 Å². The number of nitrogens with one attached hydrogen (secondary N) is 1. The average molecular weight is 481 g/mol. The van der Waals surface area contributed by atoms with E-state index in [9.17, 15) is 4.39 Å². The lowest BCUT2D eigenvalue weighted by Crippen LogP contribution is -2.44. The third-order valence-corrected chi connectivity index (χ3v) is 6.29. The highest BCUT2D eigenvalue weighted by Crippen LogP contribution is 2.38. The van der Waals surface area contributed by atoms with Crippen molar-refractivity contribution in [2.75, 3.05) is 32.7 Å². The van der Waals surface area contributed by atoms with Crippen LogP contribution in [0.3, 0.4) is 0 Å². The number of ether oxygens (including phenoxy) is 3. The van der Waals surface area contributed by atoms with E-state index in [0.717, 1.165) is 29.8 Å². The van der Waals surface area contributed by atoms with Gasteiger partial charge in [-0.2, -0.15) is 0 Å². The predicted octanol–water partition coefficient (Wildman–Crippen LogP) is 5.83. The molecule has 0 aliphatic carbocycles. The Morgan fingerprint density at radius 1 is 1.00 bits per heavy atom. The van der Waals surface area contributed by atoms with Gasteiger partial charge in [0.15, 0.2) is 16.6 Å². The first kappa shape index (κ1) is 23.8. The van der Waals surface area contributed by atoms with Crippen LogP contribution in [0.4, 0.5) is 10.1 Å². The van der Waals surface area contributed by atoms with Gasteiger partial charge in [-0.1, -0.05) is 6.07 Å². The number of anilines is 1. The minimum absolute atomic E-state index is 0.167. The fourth-order valence-corrected chi connectivity index (χ4v) is 4.74. The van der Waals surface area contributed by atoms with Crippen molar-refractivity contribution in [1.82, 2.24) is 4.90 Å². The van der Waals surface area contributed by atoms with Crippen molar-refractivity contribution in [2.45, 2.75) is 26.3 Å². The minimum atomic E-state index is -0.298. The molecule has 0 fully saturated rings. The molecular formula is C27H29FN2O3S. The third kappa shape index (κ3) is 5.25. The zero-order chi connectivity index (χ0) is 24.2. The maximum atomic E-state index is 13.4. The van der Waals surface area contributed by atoms with E-state index in [1.165, 1.54) is 23.3 Å². The molecule has 1 aliphatic heterocycles. The van der Waals surface area contributed by atoms with E-state index >= 15 is 0 Å². The molecule has 0 saturated carbocycles. The molecule has 7 heteroatoms. The zero-order valence-electron chi connectivity index (χ0n) is 19.9. The monoisotopic (exact) mass is 480 g/mol. The maximum Gasteiger partial charge on any atom is 0.174 e. The van der Waals surface area contributed by atoms with Gasteiger partial charge in [0.2, 0.25) is 0 Å². The second kappa shape index (κ2) is 10.3. The molecule has 5 nitrogen and oxygen atoms in total. The van der Waals surface area contributed by atoms with E-state index in [1.807, 2.05) is 12.1 Å². The lowest BCUT2D eigenvalue weighted by atomic mass is 9.92. The average Bonchev–Trinajstić information content (AvgIpc) is 2.81. The van der Waals surface area contributed by atoms with Crippen LogP contribution >= 0.6 is 12.2 Å². The van der Waals surface area contributed by atoms with Crippen molar-refractivity contribution in [3.05, 3.63) is 82.7 Å². The van der Waals surface area contributed by atoms with Crippen LogP contribution in [-0.2, 0) is 6.42 Å². The van der Waals surface area contributed by atoms with Gasteiger partial charge in [0.05, 0.1) is 20.3 Å². The Morgan fingerprint density at radius 2 is 1.65 bits per heavy atom. The molecule has 1 aliphatic rings. The van der Waals surface area contributed by atoms with Gasteiger partial charge in [0, 0.05) is 12.2 Å². The zero-order valence-corrected chi connectivity index (χ0v) is 20.7. The van der Waals surface area contributed by atoms with Gasteiger partial charge < -0.3 is 24.4 Å². The van der Waals surface area contributed by atoms with Crippen LogP contribution in [0, 0.1) is 19.7 Å². The van der Waals surface area contributed by atoms with E-state index in [2.05, 4.69) is 42.3 Å². The minimum Gasteiger partial charge on any atom is -0.493 e. The molecule has 4 rings (SSSR count). The molecule has 3 aromatic rings. The van der Waals surface area contributed by atoms with E-state index < -0.39 is 0 Å². The van der Waals surface area contributed by atoms with Gasteiger partial charge in [-0.3, -0.25) is 0 Å². The Bertz CT molecular complexity index is 1160. The van der Waals surface area contributed by atoms with Gasteiger partial charge >= 0.3 is 0 Å². The van der Waals surface area contributed by atoms with Crippen molar-refractivity contribution in [3.8, 4) is 17.2 Å². The summed E-state index contributed by atoms with van der Waals surface area (Å²) in [6, 6.07) is 16.2. The summed E-state index contributed by atoms with van der Waals surface area (Å²) in [6.45, 7) is 5.19. The highest BCUT2D eigenvalue weighted by Gasteiger charge is 2.31. The molecule has 1 atom stereocenters. The molecule has 1 heterocycles. The van der Waals surface area contributed by atoms with Crippen LogP contribution in [0.25, 0.3) is 0 Å². The Hall–Kier alpha value is -3.32. The van der Waals surface area contributed by atoms with Crippen molar-refractivity contribution < 1.29 is 18.6 Å². The van der Waals surface area contributed by atoms with Crippen LogP contribution in [0.15, 0.2) is 54.6 Å². The molecular weight excluding hydrogens is 451 g/mol. The SMILES string of the molecule is COc1cc2c(cc1OC)[C@H](COc1ccc(F)cc1)N(C(=S)Nc1cc(C)cc(C)c1)CC2. The molecule has 0 spiro atoms. The van der Waals surface area contributed by atoms with Crippen molar-refractivity contribution in [1.29, 1.82) is 0 Å². The molecule has 34 heavy (non-hydrogen) atoms. The number of aryl methyl sites for hydroxylation is 2. The first-order chi connectivity index (χ1) is 16.4. The topological polar surface area (TPSA) is 43.0 Å². The summed E-state index contributed by atoms with van der Waals surface area (Å²) in [5.41, 5.74) is 5.52. The summed E-state index contributed by atoms with van der Waals surface area (Å²) in [5, 5.41) is 4.03. The van der Waals surface area contributed by atoms with Gasteiger partial charge in [0.1, 0.15) is 18.2 Å². The second-order valence-electron chi connectivity index (χ2n) is 8.44. The number of hydrogen-bond donors (Lipinski definition) is 1. The van der Waals surface area contributed by atoms with Gasteiger partial charge in [-0.05, 0) is 103 Å². The first-order valence-corrected chi connectivity index (χ1v) is 11.6. The molecule has 178 valence electrons. The molecule has 1 N–H and O–H groups in total. The molecule has 0 unspecified atom stereocenters. The molecule has 0 amide bonds. The number of rotatable bonds is 6. The molecule has 0 radical (unpaired) electrons. The number of nitrogens with zero attached hydrogens (tertiary/aromatic N) is 1. The number of thiocarbonyl (C=S) groups is 1. The van der Waals surface area contributed by atoms with Gasteiger partial charge in [-0.25, -0.2) is 4.39 Å². The maximum absolute atomic E-state index is 13.4. The fourth-order valence-electron chi connectivity index (χ4n) is 4.40. The Labute approximate surface area is 205 Å². The van der Waals surface area contributed by atoms with E-state index in [0.29, 0.717) is 29.0 Å². The lowest BCUT2D eigenvalue weighted by molar-refractivity contribution is 0.190. The van der Waals surface area contributed by atoms with E-state index in [-0.39, 0.29) is 11.9 Å². The Morgan fingerprint density at radius 3 is 2.29 bits per heavy atom. The summed E-state index contributed by atoms with van der Waals surface area (Å²) in [4.78, 5) is 2.14. The largest absolute Gasteiger partial charge is 0.493 e. The molecule has 3 aromatic carbocycles. The third-order valence-electron chi connectivity index (χ3n) is 5.96. The molecule has 0 aromatic heterocycles. The van der Waals surface area contributed by atoms with Crippen molar-refractivity contribution in [3.63, 3.8) is 0 Å². The van der Waals surface area contributed by atoms with Crippen LogP contribution in [-0.4, -0.2) is 37.4 Å². The number of halogens is 1. The van der Waals surface area contributed by atoms with Crippen LogP contribution in [0.1, 0.15) is 28.3 Å². The fraction of sp³-hybridized carbons (Fsp3) is 0.296. The number of fused-ring (bicyclic) bond motifs is 1. The van der Waals surface area contributed by atoms with E-state index in [1.54, 1.807) is 26.4 Å². The summed E-state index contributed by atoms with van der Waals surface area (Å²) in [7, 11) is 3.26. The normalized spacial score (nSPS) is 14.9. The summed E-state index contributed by atoms with van der Waals surface area (Å²) in [6.07, 6.45) is 0.803. The summed E-state index contributed by atoms with van der Waals surface area (Å²) >= 11 is 5.86. The van der Waals surface area contributed by atoms with Gasteiger partial charge in [0.25, 0.3) is 0 Å². The van der Waals surface area contributed by atoms with Crippen molar-refractivity contribution >= 4 is 23.0 Å². The smallest absolute Gasteiger partial charge is 0.174 e. The predicted molar refractivity (Wildman–Crippen MR) is 137 cm³/mol. The molecule has 0 saturated heterocycles. The standard InChI is InChI=1S/C27H29FN2O3S/c1-17-11-18(2)13-21(12-17)29-27(34)30-10-9-19-14-25(31-3)26(32-4)15-23(19)24(30)16-33-22-7-5-20(28)6-8-22/h5-8,11-15,24H,9-10,16H2,1-4H3,(H,29,34)/t24-/m0/s1. The second-order valence-corrected chi connectivity index (χ2v) is 8.82.